The van der Waals surface area contributed by atoms with E-state index >= 15 is 0 Å². The molecule has 0 aliphatic heterocycles. The summed E-state index contributed by atoms with van der Waals surface area (Å²) in [5, 5.41) is -0.694. The molecule has 0 aromatic heterocycles. The van der Waals surface area contributed by atoms with E-state index in [9.17, 15) is 29.8 Å². The monoisotopic (exact) mass is 398 g/mol. The van der Waals surface area contributed by atoms with Crippen LogP contribution in [0.4, 0.5) is 5.69 Å². The average molecular weight is 398 g/mol. The highest BCUT2D eigenvalue weighted by Gasteiger charge is 2.24. The molecule has 0 amide bonds. The molecule has 0 spiro atoms. The molecule has 24 heavy (non-hydrogen) atoms. The predicted molar refractivity (Wildman–Crippen MR) is 81.2 cm³/mol. The van der Waals surface area contributed by atoms with Crippen molar-refractivity contribution in [2.75, 3.05) is 5.43 Å². The van der Waals surface area contributed by atoms with Crippen LogP contribution in [0.5, 0.6) is 0 Å². The normalized spacial score (nSPS) is 13.2. The molecule has 2 aromatic rings. The third-order valence-corrected chi connectivity index (χ3v) is 5.53. The van der Waals surface area contributed by atoms with Gasteiger partial charge in [-0.2, -0.15) is 25.3 Å². The number of hydrogen-bond acceptors (Lipinski definition) is 8. The molecule has 0 heterocycles. The number of nitrogens with two attached hydrogens (primary N) is 1. The molecule has 0 aliphatic carbocycles. The topological polar surface area (TPSA) is 201 Å². The molecule has 0 bridgehead atoms. The van der Waals surface area contributed by atoms with Crippen molar-refractivity contribution < 1.29 is 38.9 Å². The summed E-state index contributed by atoms with van der Waals surface area (Å²) in [7, 11) is -14.6. The summed E-state index contributed by atoms with van der Waals surface area (Å²) in [6.07, 6.45) is 0. The zero-order valence-electron chi connectivity index (χ0n) is 11.4. The molecular weight excluding hydrogens is 388 g/mol. The molecule has 2 rings (SSSR count). The first-order valence-corrected chi connectivity index (χ1v) is 10.1. The van der Waals surface area contributed by atoms with Crippen molar-refractivity contribution in [3.63, 3.8) is 0 Å². The van der Waals surface area contributed by atoms with Crippen molar-refractivity contribution in [1.82, 2.24) is 0 Å². The van der Waals surface area contributed by atoms with E-state index in [-0.39, 0.29) is 16.5 Å². The van der Waals surface area contributed by atoms with Crippen molar-refractivity contribution in [3.8, 4) is 0 Å². The van der Waals surface area contributed by atoms with E-state index in [1.165, 1.54) is 0 Å². The van der Waals surface area contributed by atoms with Gasteiger partial charge in [0.2, 0.25) is 0 Å². The quantitative estimate of drug-likeness (QED) is 0.261. The van der Waals surface area contributed by atoms with Gasteiger partial charge in [0, 0.05) is 5.39 Å². The van der Waals surface area contributed by atoms with Crippen molar-refractivity contribution in [3.05, 3.63) is 24.3 Å². The van der Waals surface area contributed by atoms with Gasteiger partial charge < -0.3 is 5.43 Å². The van der Waals surface area contributed by atoms with Crippen LogP contribution >= 0.6 is 0 Å². The molecule has 0 unspecified atom stereocenters. The predicted octanol–water partition coefficient (Wildman–Crippen LogP) is -0.134. The largest absolute Gasteiger partial charge is 0.323 e. The lowest BCUT2D eigenvalue weighted by molar-refractivity contribution is 0.480. The summed E-state index contributed by atoms with van der Waals surface area (Å²) >= 11 is 0. The van der Waals surface area contributed by atoms with Crippen LogP contribution in [-0.4, -0.2) is 38.9 Å². The Morgan fingerprint density at radius 1 is 0.750 bits per heavy atom. The summed E-state index contributed by atoms with van der Waals surface area (Å²) in [6, 6.07) is 2.74. The Bertz CT molecular complexity index is 1150. The second-order valence-corrected chi connectivity index (χ2v) is 8.79. The maximum Gasteiger partial charge on any atom is 0.295 e. The number of rotatable bonds is 4. The van der Waals surface area contributed by atoms with Crippen LogP contribution in [0, 0.1) is 0 Å². The number of hydrazine groups is 1. The molecule has 0 atom stereocenters. The van der Waals surface area contributed by atoms with Crippen LogP contribution in [0.25, 0.3) is 10.8 Å². The summed E-state index contributed by atoms with van der Waals surface area (Å²) < 4.78 is 95.5. The summed E-state index contributed by atoms with van der Waals surface area (Å²) in [6.45, 7) is 0. The number of nitrogens with one attached hydrogen (secondary N) is 1. The van der Waals surface area contributed by atoms with Crippen LogP contribution in [0.3, 0.4) is 0 Å². The van der Waals surface area contributed by atoms with Crippen LogP contribution in [0.15, 0.2) is 39.0 Å². The van der Waals surface area contributed by atoms with Crippen molar-refractivity contribution in [2.24, 2.45) is 5.84 Å². The molecule has 2 aromatic carbocycles. The van der Waals surface area contributed by atoms with E-state index in [1.54, 1.807) is 0 Å². The minimum atomic E-state index is -4.98. The highest BCUT2D eigenvalue weighted by molar-refractivity contribution is 7.87. The van der Waals surface area contributed by atoms with Crippen LogP contribution in [-0.2, 0) is 30.4 Å². The molecule has 0 saturated carbocycles. The Hall–Kier alpha value is -1.81. The highest BCUT2D eigenvalue weighted by atomic mass is 32.2. The Labute approximate surface area is 136 Å². The fourth-order valence-corrected chi connectivity index (χ4v) is 3.96. The summed E-state index contributed by atoms with van der Waals surface area (Å²) in [5.41, 5.74) is 1.65. The van der Waals surface area contributed by atoms with Crippen LogP contribution in [0.2, 0.25) is 0 Å². The van der Waals surface area contributed by atoms with E-state index in [4.69, 9.17) is 14.9 Å². The van der Waals surface area contributed by atoms with Crippen LogP contribution < -0.4 is 11.3 Å². The van der Waals surface area contributed by atoms with Crippen molar-refractivity contribution in [1.29, 1.82) is 0 Å². The molecule has 0 fully saturated rings. The lowest BCUT2D eigenvalue weighted by Crippen LogP contribution is -2.11. The summed E-state index contributed by atoms with van der Waals surface area (Å²) in [4.78, 5) is -2.59. The fourth-order valence-electron chi connectivity index (χ4n) is 2.04. The van der Waals surface area contributed by atoms with Crippen molar-refractivity contribution in [2.45, 2.75) is 14.7 Å². The van der Waals surface area contributed by atoms with Gasteiger partial charge in [-0.3, -0.25) is 19.5 Å². The highest BCUT2D eigenvalue weighted by Crippen LogP contribution is 2.34. The number of anilines is 1. The van der Waals surface area contributed by atoms with E-state index in [2.05, 4.69) is 0 Å². The third-order valence-electron chi connectivity index (χ3n) is 2.99. The Kier molecular flexibility index (Phi) is 4.34. The molecule has 6 N–H and O–H groups in total. The fraction of sp³-hybridized carbons (Fsp3) is 0. The first-order chi connectivity index (χ1) is 10.7. The number of nitrogen functional groups attached to an aromatic ring is 1. The number of benzene rings is 2. The van der Waals surface area contributed by atoms with Gasteiger partial charge in [0.15, 0.2) is 0 Å². The first kappa shape index (κ1) is 18.5. The second kappa shape index (κ2) is 5.62. The molecular formula is C10H10N2O9S3. The van der Waals surface area contributed by atoms with Gasteiger partial charge in [-0.1, -0.05) is 0 Å². The standard InChI is InChI=1S/C10H10N2O9S3/c11-12-8-3-6(22(13,14)15)1-5-2-7(23(16,17)18)4-9(10(5)8)24(19,20)21/h1-4,12H,11H2,(H,13,14,15)(H,16,17,18)(H,19,20,21). The first-order valence-electron chi connectivity index (χ1n) is 5.76. The van der Waals surface area contributed by atoms with E-state index < -0.39 is 45.0 Å². The zero-order chi connectivity index (χ0) is 18.5. The molecule has 0 radical (unpaired) electrons. The average Bonchev–Trinajstić information content (AvgIpc) is 2.41. The lowest BCUT2D eigenvalue weighted by atomic mass is 10.1. The van der Waals surface area contributed by atoms with Gasteiger partial charge >= 0.3 is 0 Å². The minimum Gasteiger partial charge on any atom is -0.323 e. The summed E-state index contributed by atoms with van der Waals surface area (Å²) in [5.74, 6) is 5.19. The van der Waals surface area contributed by atoms with Gasteiger partial charge in [0.1, 0.15) is 4.90 Å². The smallest absolute Gasteiger partial charge is 0.295 e. The molecule has 0 aliphatic rings. The van der Waals surface area contributed by atoms with Gasteiger partial charge in [-0.25, -0.2) is 0 Å². The molecule has 14 heteroatoms. The van der Waals surface area contributed by atoms with E-state index in [0.29, 0.717) is 6.07 Å². The van der Waals surface area contributed by atoms with E-state index in [0.717, 1.165) is 18.2 Å². The number of fused-ring (bicyclic) bond motifs is 1. The van der Waals surface area contributed by atoms with Gasteiger partial charge in [0.05, 0.1) is 15.5 Å². The molecule has 0 saturated heterocycles. The van der Waals surface area contributed by atoms with E-state index in [1.807, 2.05) is 5.43 Å². The van der Waals surface area contributed by atoms with Crippen LogP contribution in [0.1, 0.15) is 0 Å². The lowest BCUT2D eigenvalue weighted by Gasteiger charge is -2.12. The Balaban J connectivity index is 3.15. The zero-order valence-corrected chi connectivity index (χ0v) is 13.9. The maximum atomic E-state index is 11.5. The number of hydrogen-bond donors (Lipinski definition) is 5. The SMILES string of the molecule is NNc1cc(S(=O)(=O)O)cc2cc(S(=O)(=O)O)cc(S(=O)(=O)O)c12. The Morgan fingerprint density at radius 3 is 1.58 bits per heavy atom. The molecule has 11 nitrogen and oxygen atoms in total. The Morgan fingerprint density at radius 2 is 1.21 bits per heavy atom. The molecule has 132 valence electrons. The minimum absolute atomic E-state index is 0.338. The van der Waals surface area contributed by atoms with Gasteiger partial charge in [-0.05, 0) is 29.7 Å². The maximum absolute atomic E-state index is 11.5. The van der Waals surface area contributed by atoms with Crippen molar-refractivity contribution >= 4 is 46.8 Å². The van der Waals surface area contributed by atoms with Gasteiger partial charge in [-0.15, -0.1) is 0 Å². The second-order valence-electron chi connectivity index (χ2n) is 4.56. The third kappa shape index (κ3) is 3.48. The van der Waals surface area contributed by atoms with Gasteiger partial charge in [0.25, 0.3) is 30.4 Å².